The molecule has 0 amide bonds. The summed E-state index contributed by atoms with van der Waals surface area (Å²) in [5, 5.41) is 0. The van der Waals surface area contributed by atoms with Gasteiger partial charge in [-0.3, -0.25) is 0 Å². The Bertz CT molecular complexity index is 399. The molecule has 1 heterocycles. The monoisotopic (exact) mass is 229 g/mol. The van der Waals surface area contributed by atoms with Crippen LogP contribution in [0.2, 0.25) is 0 Å². The fourth-order valence-corrected chi connectivity index (χ4v) is 1.36. The minimum Gasteiger partial charge on any atom is -0.441 e. The van der Waals surface area contributed by atoms with Crippen molar-refractivity contribution < 1.29 is 8.81 Å². The van der Waals surface area contributed by atoms with Crippen LogP contribution in [0.15, 0.2) is 21.0 Å². The van der Waals surface area contributed by atoms with E-state index >= 15 is 0 Å². The Labute approximate surface area is 76.5 Å². The normalized spacial score (nSPS) is 10.9. The maximum atomic E-state index is 12.9. The molecule has 0 saturated carbocycles. The van der Waals surface area contributed by atoms with Crippen molar-refractivity contribution in [2.45, 2.75) is 6.92 Å². The highest BCUT2D eigenvalue weighted by Crippen LogP contribution is 2.23. The molecule has 0 fully saturated rings. The van der Waals surface area contributed by atoms with Crippen molar-refractivity contribution in [3.63, 3.8) is 0 Å². The Hall–Kier alpha value is -0.900. The molecule has 62 valence electrons. The number of aromatic nitrogens is 1. The summed E-state index contributed by atoms with van der Waals surface area (Å²) in [6, 6.07) is 2.92. The summed E-state index contributed by atoms with van der Waals surface area (Å²) >= 11 is 3.06. The number of fused-ring (bicyclic) bond motifs is 1. The predicted octanol–water partition coefficient (Wildman–Crippen LogP) is 3.04. The molecule has 0 aliphatic carbocycles. The topological polar surface area (TPSA) is 26.0 Å². The Kier molecular flexibility index (Phi) is 1.65. The van der Waals surface area contributed by atoms with Gasteiger partial charge in [-0.15, -0.1) is 0 Å². The lowest BCUT2D eigenvalue weighted by Crippen LogP contribution is -1.76. The molecule has 2 nitrogen and oxygen atoms in total. The van der Waals surface area contributed by atoms with E-state index in [-0.39, 0.29) is 5.82 Å². The van der Waals surface area contributed by atoms with Crippen LogP contribution in [0.1, 0.15) is 5.89 Å². The predicted molar refractivity (Wildman–Crippen MR) is 46.4 cm³/mol. The van der Waals surface area contributed by atoms with E-state index in [9.17, 15) is 4.39 Å². The molecule has 12 heavy (non-hydrogen) atoms. The average molecular weight is 230 g/mol. The van der Waals surface area contributed by atoms with E-state index in [1.165, 1.54) is 6.07 Å². The van der Waals surface area contributed by atoms with Gasteiger partial charge in [-0.2, -0.15) is 0 Å². The van der Waals surface area contributed by atoms with E-state index in [0.29, 0.717) is 21.5 Å². The van der Waals surface area contributed by atoms with Crippen molar-refractivity contribution in [1.82, 2.24) is 4.98 Å². The van der Waals surface area contributed by atoms with Gasteiger partial charge in [0, 0.05) is 19.1 Å². The molecule has 4 heteroatoms. The van der Waals surface area contributed by atoms with Gasteiger partial charge in [0.25, 0.3) is 0 Å². The molecule has 0 N–H and O–H groups in total. The minimum absolute atomic E-state index is 0.323. The van der Waals surface area contributed by atoms with Crippen LogP contribution < -0.4 is 0 Å². The molecular formula is C8H5BrFNO. The first-order valence-electron chi connectivity index (χ1n) is 3.39. The molecule has 0 aliphatic heterocycles. The lowest BCUT2D eigenvalue weighted by Gasteiger charge is -1.90. The Balaban J connectivity index is 2.83. The molecule has 0 radical (unpaired) electrons. The second-order valence-electron chi connectivity index (χ2n) is 2.47. The van der Waals surface area contributed by atoms with Crippen LogP contribution in [0.5, 0.6) is 0 Å². The maximum absolute atomic E-state index is 12.9. The van der Waals surface area contributed by atoms with Crippen molar-refractivity contribution in [2.75, 3.05) is 0 Å². The number of hydrogen-bond acceptors (Lipinski definition) is 2. The van der Waals surface area contributed by atoms with Gasteiger partial charge < -0.3 is 4.42 Å². The van der Waals surface area contributed by atoms with Crippen LogP contribution in [0, 0.1) is 12.7 Å². The van der Waals surface area contributed by atoms with Gasteiger partial charge in [-0.1, -0.05) is 0 Å². The van der Waals surface area contributed by atoms with Gasteiger partial charge in [0.1, 0.15) is 11.3 Å². The molecule has 0 saturated heterocycles. The molecule has 1 aromatic carbocycles. The Morgan fingerprint density at radius 3 is 3.00 bits per heavy atom. The standard InChI is InChI=1S/C8H5BrFNO/c1-4-11-7-3-6(10)5(9)2-8(7)12-4/h2-3H,1H3. The van der Waals surface area contributed by atoms with Gasteiger partial charge in [0.15, 0.2) is 11.5 Å². The maximum Gasteiger partial charge on any atom is 0.192 e. The lowest BCUT2D eigenvalue weighted by atomic mass is 10.3. The number of benzene rings is 1. The molecular weight excluding hydrogens is 225 g/mol. The van der Waals surface area contributed by atoms with Crippen LogP contribution in [0.3, 0.4) is 0 Å². The first kappa shape index (κ1) is 7.73. The second-order valence-corrected chi connectivity index (χ2v) is 3.32. The van der Waals surface area contributed by atoms with E-state index in [0.717, 1.165) is 0 Å². The van der Waals surface area contributed by atoms with Gasteiger partial charge in [0.2, 0.25) is 0 Å². The number of halogens is 2. The number of oxazole rings is 1. The third-order valence-electron chi connectivity index (χ3n) is 1.54. The fraction of sp³-hybridized carbons (Fsp3) is 0.125. The van der Waals surface area contributed by atoms with E-state index in [4.69, 9.17) is 4.42 Å². The number of aryl methyl sites for hydroxylation is 1. The highest BCUT2D eigenvalue weighted by molar-refractivity contribution is 9.10. The summed E-state index contributed by atoms with van der Waals surface area (Å²) in [5.74, 6) is 0.221. The number of hydrogen-bond donors (Lipinski definition) is 0. The van der Waals surface area contributed by atoms with Gasteiger partial charge in [-0.25, -0.2) is 9.37 Å². The third kappa shape index (κ3) is 1.12. The van der Waals surface area contributed by atoms with Crippen LogP contribution in [-0.4, -0.2) is 4.98 Å². The molecule has 0 spiro atoms. The summed E-state index contributed by atoms with van der Waals surface area (Å²) in [5.41, 5.74) is 1.15. The molecule has 2 rings (SSSR count). The zero-order valence-electron chi connectivity index (χ0n) is 6.27. The lowest BCUT2D eigenvalue weighted by molar-refractivity contribution is 0.560. The van der Waals surface area contributed by atoms with Crippen molar-refractivity contribution >= 4 is 27.0 Å². The van der Waals surface area contributed by atoms with Crippen molar-refractivity contribution in [2.24, 2.45) is 0 Å². The summed E-state index contributed by atoms with van der Waals surface area (Å²) in [7, 11) is 0. The van der Waals surface area contributed by atoms with E-state index in [1.54, 1.807) is 13.0 Å². The van der Waals surface area contributed by atoms with Crippen LogP contribution in [-0.2, 0) is 0 Å². The largest absolute Gasteiger partial charge is 0.441 e. The zero-order chi connectivity index (χ0) is 8.72. The van der Waals surface area contributed by atoms with E-state index in [1.807, 2.05) is 0 Å². The highest BCUT2D eigenvalue weighted by atomic mass is 79.9. The summed E-state index contributed by atoms with van der Waals surface area (Å²) in [6.45, 7) is 1.73. The minimum atomic E-state index is -0.323. The molecule has 0 unspecified atom stereocenters. The third-order valence-corrected chi connectivity index (χ3v) is 2.15. The summed E-state index contributed by atoms with van der Waals surface area (Å²) in [6.07, 6.45) is 0. The van der Waals surface area contributed by atoms with Gasteiger partial charge >= 0.3 is 0 Å². The Morgan fingerprint density at radius 1 is 1.50 bits per heavy atom. The molecule has 0 aliphatic rings. The molecule has 2 aromatic rings. The second kappa shape index (κ2) is 2.55. The average Bonchev–Trinajstić information content (AvgIpc) is 2.30. The van der Waals surface area contributed by atoms with Crippen molar-refractivity contribution in [1.29, 1.82) is 0 Å². The molecule has 0 bridgehead atoms. The number of nitrogens with zero attached hydrogens (tertiary/aromatic N) is 1. The van der Waals surface area contributed by atoms with Gasteiger partial charge in [0.05, 0.1) is 4.47 Å². The van der Waals surface area contributed by atoms with Crippen molar-refractivity contribution in [3.05, 3.63) is 28.3 Å². The first-order valence-corrected chi connectivity index (χ1v) is 4.18. The van der Waals surface area contributed by atoms with Crippen LogP contribution in [0.4, 0.5) is 4.39 Å². The molecule has 1 aromatic heterocycles. The summed E-state index contributed by atoms with van der Waals surface area (Å²) in [4.78, 5) is 3.99. The first-order chi connectivity index (χ1) is 5.66. The van der Waals surface area contributed by atoms with E-state index < -0.39 is 0 Å². The quantitative estimate of drug-likeness (QED) is 0.695. The Morgan fingerprint density at radius 2 is 2.25 bits per heavy atom. The summed E-state index contributed by atoms with van der Waals surface area (Å²) < 4.78 is 18.5. The van der Waals surface area contributed by atoms with Crippen LogP contribution in [0.25, 0.3) is 11.1 Å². The van der Waals surface area contributed by atoms with Gasteiger partial charge in [-0.05, 0) is 15.9 Å². The van der Waals surface area contributed by atoms with E-state index in [2.05, 4.69) is 20.9 Å². The smallest absolute Gasteiger partial charge is 0.192 e. The number of rotatable bonds is 0. The highest BCUT2D eigenvalue weighted by Gasteiger charge is 2.06. The SMILES string of the molecule is Cc1nc2cc(F)c(Br)cc2o1. The van der Waals surface area contributed by atoms with Crippen molar-refractivity contribution in [3.8, 4) is 0 Å². The molecule has 0 atom stereocenters. The fourth-order valence-electron chi connectivity index (χ4n) is 1.04. The zero-order valence-corrected chi connectivity index (χ0v) is 7.85. The van der Waals surface area contributed by atoms with Crippen LogP contribution >= 0.6 is 15.9 Å².